The summed E-state index contributed by atoms with van der Waals surface area (Å²) in [4.78, 5) is 13.1. The Morgan fingerprint density at radius 3 is 2.30 bits per heavy atom. The van der Waals surface area contributed by atoms with Gasteiger partial charge in [0.25, 0.3) is 0 Å². The fourth-order valence-corrected chi connectivity index (χ4v) is 2.46. The quantitative estimate of drug-likeness (QED) is 0.799. The van der Waals surface area contributed by atoms with Crippen LogP contribution in [-0.2, 0) is 11.2 Å². The average molecular weight is 309 g/mol. The minimum atomic E-state index is -0.768. The Kier molecular flexibility index (Phi) is 6.42. The van der Waals surface area contributed by atoms with E-state index in [2.05, 4.69) is 17.0 Å². The van der Waals surface area contributed by atoms with Crippen LogP contribution in [-0.4, -0.2) is 28.6 Å². The van der Waals surface area contributed by atoms with Gasteiger partial charge in [0.1, 0.15) is 0 Å². The Bertz CT molecular complexity index is 623. The zero-order chi connectivity index (χ0) is 16.5. The standard InChI is InChI=1S/C20H23NO2/c1-17(16-20(22)23)21(14-12-18-8-4-2-5-9-18)15-13-19-10-6-3-7-11-19/h2-12,14,17H,13,15-16H2,1H3,(H,22,23)/t17-/m1/s1. The van der Waals surface area contributed by atoms with E-state index in [0.29, 0.717) is 0 Å². The van der Waals surface area contributed by atoms with Crippen LogP contribution in [0.25, 0.3) is 6.08 Å². The third-order valence-electron chi connectivity index (χ3n) is 3.80. The van der Waals surface area contributed by atoms with Crippen molar-refractivity contribution in [2.24, 2.45) is 0 Å². The highest BCUT2D eigenvalue weighted by Crippen LogP contribution is 2.11. The first-order chi connectivity index (χ1) is 11.1. The first-order valence-electron chi connectivity index (χ1n) is 7.90. The molecule has 0 aromatic heterocycles. The Morgan fingerprint density at radius 2 is 1.70 bits per heavy atom. The second kappa shape index (κ2) is 8.79. The summed E-state index contributed by atoms with van der Waals surface area (Å²) in [6, 6.07) is 20.3. The van der Waals surface area contributed by atoms with Crippen LogP contribution in [0.4, 0.5) is 0 Å². The van der Waals surface area contributed by atoms with E-state index in [4.69, 9.17) is 5.11 Å². The fourth-order valence-electron chi connectivity index (χ4n) is 2.46. The number of benzene rings is 2. The number of nitrogens with zero attached hydrogens (tertiary/aromatic N) is 1. The minimum Gasteiger partial charge on any atom is -0.481 e. The molecule has 0 bridgehead atoms. The van der Waals surface area contributed by atoms with E-state index in [9.17, 15) is 4.79 Å². The van der Waals surface area contributed by atoms with E-state index in [0.717, 1.165) is 18.5 Å². The van der Waals surface area contributed by atoms with E-state index in [1.54, 1.807) is 0 Å². The molecule has 0 saturated carbocycles. The summed E-state index contributed by atoms with van der Waals surface area (Å²) in [5, 5.41) is 9.05. The van der Waals surface area contributed by atoms with Crippen LogP contribution < -0.4 is 0 Å². The van der Waals surface area contributed by atoms with Gasteiger partial charge in [-0.1, -0.05) is 60.7 Å². The van der Waals surface area contributed by atoms with Gasteiger partial charge in [0.05, 0.1) is 6.42 Å². The van der Waals surface area contributed by atoms with Crippen molar-refractivity contribution in [1.82, 2.24) is 4.90 Å². The summed E-state index contributed by atoms with van der Waals surface area (Å²) >= 11 is 0. The first kappa shape index (κ1) is 16.8. The van der Waals surface area contributed by atoms with Crippen molar-refractivity contribution in [2.75, 3.05) is 6.54 Å². The van der Waals surface area contributed by atoms with Gasteiger partial charge in [-0.25, -0.2) is 0 Å². The zero-order valence-corrected chi connectivity index (χ0v) is 13.4. The maximum atomic E-state index is 11.0. The van der Waals surface area contributed by atoms with Crippen molar-refractivity contribution in [1.29, 1.82) is 0 Å². The second-order valence-electron chi connectivity index (χ2n) is 5.65. The van der Waals surface area contributed by atoms with Gasteiger partial charge in [0, 0.05) is 12.6 Å². The van der Waals surface area contributed by atoms with E-state index in [1.165, 1.54) is 5.56 Å². The maximum absolute atomic E-state index is 11.0. The molecule has 2 rings (SSSR count). The largest absolute Gasteiger partial charge is 0.481 e. The maximum Gasteiger partial charge on any atom is 0.305 e. The topological polar surface area (TPSA) is 40.5 Å². The molecule has 3 heteroatoms. The van der Waals surface area contributed by atoms with Crippen LogP contribution in [0.3, 0.4) is 0 Å². The molecular formula is C20H23NO2. The van der Waals surface area contributed by atoms with Gasteiger partial charge in [-0.2, -0.15) is 0 Å². The average Bonchev–Trinajstić information content (AvgIpc) is 2.56. The van der Waals surface area contributed by atoms with Crippen molar-refractivity contribution in [3.05, 3.63) is 78.0 Å². The molecule has 0 radical (unpaired) electrons. The highest BCUT2D eigenvalue weighted by atomic mass is 16.4. The van der Waals surface area contributed by atoms with Crippen LogP contribution >= 0.6 is 0 Å². The molecule has 0 aliphatic carbocycles. The number of hydrogen-bond acceptors (Lipinski definition) is 2. The van der Waals surface area contributed by atoms with E-state index in [1.807, 2.05) is 67.7 Å². The Balaban J connectivity index is 2.04. The molecule has 120 valence electrons. The molecule has 2 aromatic rings. The van der Waals surface area contributed by atoms with E-state index in [-0.39, 0.29) is 12.5 Å². The molecule has 1 N–H and O–H groups in total. The number of rotatable bonds is 8. The molecule has 0 saturated heterocycles. The van der Waals surface area contributed by atoms with Crippen molar-refractivity contribution in [3.8, 4) is 0 Å². The summed E-state index contributed by atoms with van der Waals surface area (Å²) in [6.45, 7) is 2.75. The zero-order valence-electron chi connectivity index (χ0n) is 13.4. The second-order valence-corrected chi connectivity index (χ2v) is 5.65. The van der Waals surface area contributed by atoms with Crippen molar-refractivity contribution in [3.63, 3.8) is 0 Å². The van der Waals surface area contributed by atoms with Crippen molar-refractivity contribution < 1.29 is 9.90 Å². The monoisotopic (exact) mass is 309 g/mol. The molecule has 0 aliphatic rings. The van der Waals surface area contributed by atoms with Crippen LogP contribution in [0.1, 0.15) is 24.5 Å². The van der Waals surface area contributed by atoms with E-state index < -0.39 is 5.97 Å². The summed E-state index contributed by atoms with van der Waals surface area (Å²) in [5.41, 5.74) is 2.37. The fraction of sp³-hybridized carbons (Fsp3) is 0.250. The molecule has 3 nitrogen and oxygen atoms in total. The van der Waals surface area contributed by atoms with Crippen LogP contribution in [0, 0.1) is 0 Å². The third kappa shape index (κ3) is 5.99. The van der Waals surface area contributed by atoms with Crippen LogP contribution in [0.2, 0.25) is 0 Å². The number of aliphatic carboxylic acids is 1. The van der Waals surface area contributed by atoms with Gasteiger partial charge in [-0.05, 0) is 36.7 Å². The lowest BCUT2D eigenvalue weighted by atomic mass is 10.1. The molecule has 0 heterocycles. The van der Waals surface area contributed by atoms with Gasteiger partial charge in [-0.15, -0.1) is 0 Å². The molecule has 0 aliphatic heterocycles. The first-order valence-corrected chi connectivity index (χ1v) is 7.90. The third-order valence-corrected chi connectivity index (χ3v) is 3.80. The summed E-state index contributed by atoms with van der Waals surface area (Å²) < 4.78 is 0. The summed E-state index contributed by atoms with van der Waals surface area (Å²) in [5.74, 6) is -0.768. The Morgan fingerprint density at radius 1 is 1.09 bits per heavy atom. The number of hydrogen-bond donors (Lipinski definition) is 1. The van der Waals surface area contributed by atoms with Gasteiger partial charge >= 0.3 is 5.97 Å². The van der Waals surface area contributed by atoms with Crippen LogP contribution in [0.5, 0.6) is 0 Å². The smallest absolute Gasteiger partial charge is 0.305 e. The summed E-state index contributed by atoms with van der Waals surface area (Å²) in [6.07, 6.45) is 5.06. The predicted molar refractivity (Wildman–Crippen MR) is 94.0 cm³/mol. The number of carbonyl (C=O) groups is 1. The van der Waals surface area contributed by atoms with Gasteiger partial charge < -0.3 is 10.0 Å². The summed E-state index contributed by atoms with van der Waals surface area (Å²) in [7, 11) is 0. The molecule has 0 spiro atoms. The SMILES string of the molecule is C[C@H](CC(=O)O)N(C=Cc1ccccc1)CCc1ccccc1. The normalized spacial score (nSPS) is 12.2. The lowest BCUT2D eigenvalue weighted by Gasteiger charge is -2.27. The van der Waals surface area contributed by atoms with Gasteiger partial charge in [0.15, 0.2) is 0 Å². The molecule has 23 heavy (non-hydrogen) atoms. The number of carboxylic acid groups (broad SMARTS) is 1. The predicted octanol–water partition coefficient (Wildman–Crippen LogP) is 4.07. The lowest BCUT2D eigenvalue weighted by Crippen LogP contribution is -2.32. The highest BCUT2D eigenvalue weighted by molar-refractivity contribution is 5.67. The number of carboxylic acids is 1. The van der Waals surface area contributed by atoms with Gasteiger partial charge in [-0.3, -0.25) is 4.79 Å². The van der Waals surface area contributed by atoms with Crippen molar-refractivity contribution >= 4 is 12.0 Å². The highest BCUT2D eigenvalue weighted by Gasteiger charge is 2.13. The molecule has 0 amide bonds. The Hall–Kier alpha value is -2.55. The van der Waals surface area contributed by atoms with E-state index >= 15 is 0 Å². The Labute approximate surface area is 137 Å². The molecule has 0 fully saturated rings. The lowest BCUT2D eigenvalue weighted by molar-refractivity contribution is -0.138. The molecule has 1 atom stereocenters. The van der Waals surface area contributed by atoms with Crippen molar-refractivity contribution in [2.45, 2.75) is 25.8 Å². The van der Waals surface area contributed by atoms with Crippen LogP contribution in [0.15, 0.2) is 66.9 Å². The minimum absolute atomic E-state index is 0.0452. The van der Waals surface area contributed by atoms with Gasteiger partial charge in [0.2, 0.25) is 0 Å². The molecular weight excluding hydrogens is 286 g/mol. The molecule has 0 unspecified atom stereocenters. The molecule has 2 aromatic carbocycles.